The normalized spacial score (nSPS) is 10.4. The Bertz CT molecular complexity index is 790. The van der Waals surface area contributed by atoms with Gasteiger partial charge in [0.25, 0.3) is 0 Å². The maximum atomic E-state index is 12.0. The van der Waals surface area contributed by atoms with E-state index in [1.165, 1.54) is 4.90 Å². The number of rotatable bonds is 7. The van der Waals surface area contributed by atoms with Gasteiger partial charge < -0.3 is 10.6 Å². The highest BCUT2D eigenvalue weighted by Gasteiger charge is 2.03. The fourth-order valence-corrected chi connectivity index (χ4v) is 3.14. The van der Waals surface area contributed by atoms with Gasteiger partial charge in [0, 0.05) is 35.3 Å². The van der Waals surface area contributed by atoms with Gasteiger partial charge in [-0.2, -0.15) is 5.10 Å². The summed E-state index contributed by atoms with van der Waals surface area (Å²) in [7, 11) is 0. The van der Waals surface area contributed by atoms with Crippen molar-refractivity contribution in [1.29, 1.82) is 0 Å². The van der Waals surface area contributed by atoms with Gasteiger partial charge in [0.2, 0.25) is 0 Å². The Balaban J connectivity index is 1.43. The second-order valence-electron chi connectivity index (χ2n) is 5.45. The molecule has 0 fully saturated rings. The Labute approximate surface area is 151 Å². The molecule has 6 heteroatoms. The molecule has 0 saturated carbocycles. The smallest absolute Gasteiger partial charge is 0.319 e. The number of anilines is 1. The van der Waals surface area contributed by atoms with Gasteiger partial charge in [-0.25, -0.2) is 4.79 Å². The molecule has 0 unspecified atom stereocenters. The summed E-state index contributed by atoms with van der Waals surface area (Å²) in [6.07, 6.45) is 3.67. The van der Waals surface area contributed by atoms with E-state index in [0.29, 0.717) is 13.1 Å². The molecule has 0 atom stereocenters. The predicted octanol–water partition coefficient (Wildman–Crippen LogP) is 3.85. The highest BCUT2D eigenvalue weighted by atomic mass is 32.2. The van der Waals surface area contributed by atoms with E-state index in [-0.39, 0.29) is 6.03 Å². The average Bonchev–Trinajstić information content (AvgIpc) is 3.13. The fourth-order valence-electron chi connectivity index (χ4n) is 2.35. The van der Waals surface area contributed by atoms with Gasteiger partial charge in [0.05, 0.1) is 6.54 Å². The molecule has 25 heavy (non-hydrogen) atoms. The molecule has 3 aromatic rings. The Morgan fingerprint density at radius 3 is 2.76 bits per heavy atom. The number of hydrogen-bond acceptors (Lipinski definition) is 3. The largest absolute Gasteiger partial charge is 0.337 e. The van der Waals surface area contributed by atoms with Crippen molar-refractivity contribution < 1.29 is 4.79 Å². The van der Waals surface area contributed by atoms with E-state index in [4.69, 9.17) is 0 Å². The topological polar surface area (TPSA) is 59.0 Å². The first-order valence-electron chi connectivity index (χ1n) is 8.09. The number of nitrogens with zero attached hydrogens (tertiary/aromatic N) is 2. The number of urea groups is 1. The van der Waals surface area contributed by atoms with Crippen molar-refractivity contribution in [3.8, 4) is 0 Å². The van der Waals surface area contributed by atoms with Crippen molar-refractivity contribution in [3.63, 3.8) is 0 Å². The SMILES string of the molecule is O=C(NCCSc1ccccc1)Nc1cccc(Cn2cccn2)c1. The number of amides is 2. The summed E-state index contributed by atoms with van der Waals surface area (Å²) >= 11 is 1.72. The van der Waals surface area contributed by atoms with Gasteiger partial charge >= 0.3 is 6.03 Å². The van der Waals surface area contributed by atoms with Gasteiger partial charge in [-0.3, -0.25) is 4.68 Å². The molecule has 0 bridgehead atoms. The van der Waals surface area contributed by atoms with Crippen LogP contribution in [0.5, 0.6) is 0 Å². The highest BCUT2D eigenvalue weighted by Crippen LogP contribution is 2.16. The molecule has 0 spiro atoms. The Morgan fingerprint density at radius 2 is 1.96 bits per heavy atom. The van der Waals surface area contributed by atoms with Crippen LogP contribution < -0.4 is 10.6 Å². The predicted molar refractivity (Wildman–Crippen MR) is 102 cm³/mol. The molecule has 0 aliphatic heterocycles. The van der Waals surface area contributed by atoms with Crippen LogP contribution in [-0.2, 0) is 6.54 Å². The first kappa shape index (κ1) is 17.1. The maximum Gasteiger partial charge on any atom is 0.319 e. The highest BCUT2D eigenvalue weighted by molar-refractivity contribution is 7.99. The summed E-state index contributed by atoms with van der Waals surface area (Å²) in [6, 6.07) is 19.6. The summed E-state index contributed by atoms with van der Waals surface area (Å²) in [5.41, 5.74) is 1.86. The second kappa shape index (κ2) is 8.94. The lowest BCUT2D eigenvalue weighted by Gasteiger charge is -2.09. The minimum Gasteiger partial charge on any atom is -0.337 e. The van der Waals surface area contributed by atoms with Gasteiger partial charge in [0.1, 0.15) is 0 Å². The van der Waals surface area contributed by atoms with Crippen LogP contribution >= 0.6 is 11.8 Å². The van der Waals surface area contributed by atoms with Crippen molar-refractivity contribution >= 4 is 23.5 Å². The summed E-state index contributed by atoms with van der Waals surface area (Å²) in [6.45, 7) is 1.29. The van der Waals surface area contributed by atoms with E-state index in [2.05, 4.69) is 27.9 Å². The van der Waals surface area contributed by atoms with E-state index in [0.717, 1.165) is 17.0 Å². The van der Waals surface area contributed by atoms with Crippen molar-refractivity contribution in [2.24, 2.45) is 0 Å². The molecule has 0 saturated heterocycles. The number of nitrogens with one attached hydrogen (secondary N) is 2. The quantitative estimate of drug-likeness (QED) is 0.502. The van der Waals surface area contributed by atoms with Crippen LogP contribution in [0.4, 0.5) is 10.5 Å². The van der Waals surface area contributed by atoms with Crippen LogP contribution in [0.25, 0.3) is 0 Å². The molecule has 128 valence electrons. The zero-order valence-electron chi connectivity index (χ0n) is 13.8. The number of hydrogen-bond donors (Lipinski definition) is 2. The van der Waals surface area contributed by atoms with Gasteiger partial charge in [0.15, 0.2) is 0 Å². The molecule has 0 radical (unpaired) electrons. The molecule has 1 aromatic heterocycles. The molecule has 2 amide bonds. The van der Waals surface area contributed by atoms with Crippen LogP contribution in [0, 0.1) is 0 Å². The van der Waals surface area contributed by atoms with E-state index in [9.17, 15) is 4.79 Å². The van der Waals surface area contributed by atoms with Crippen molar-refractivity contribution in [2.45, 2.75) is 11.4 Å². The lowest BCUT2D eigenvalue weighted by molar-refractivity contribution is 0.252. The lowest BCUT2D eigenvalue weighted by atomic mass is 10.2. The third-order valence-electron chi connectivity index (χ3n) is 3.49. The fraction of sp³-hybridized carbons (Fsp3) is 0.158. The van der Waals surface area contributed by atoms with Crippen molar-refractivity contribution in [2.75, 3.05) is 17.6 Å². The first-order valence-corrected chi connectivity index (χ1v) is 9.07. The van der Waals surface area contributed by atoms with E-state index >= 15 is 0 Å². The lowest BCUT2D eigenvalue weighted by Crippen LogP contribution is -2.30. The van der Waals surface area contributed by atoms with Gasteiger partial charge in [-0.1, -0.05) is 30.3 Å². The number of benzene rings is 2. The van der Waals surface area contributed by atoms with Gasteiger partial charge in [-0.15, -0.1) is 11.8 Å². The van der Waals surface area contributed by atoms with E-state index < -0.39 is 0 Å². The molecule has 3 rings (SSSR count). The van der Waals surface area contributed by atoms with Crippen LogP contribution in [-0.4, -0.2) is 28.1 Å². The summed E-state index contributed by atoms with van der Waals surface area (Å²) in [4.78, 5) is 13.2. The molecular weight excluding hydrogens is 332 g/mol. The zero-order valence-corrected chi connectivity index (χ0v) is 14.6. The third-order valence-corrected chi connectivity index (χ3v) is 4.50. The summed E-state index contributed by atoms with van der Waals surface area (Å²) in [5.74, 6) is 0.830. The Morgan fingerprint density at radius 1 is 1.08 bits per heavy atom. The first-order chi connectivity index (χ1) is 12.3. The third kappa shape index (κ3) is 5.69. The summed E-state index contributed by atoms with van der Waals surface area (Å²) in [5, 5.41) is 9.94. The summed E-state index contributed by atoms with van der Waals surface area (Å²) < 4.78 is 1.85. The maximum absolute atomic E-state index is 12.0. The molecule has 0 aliphatic rings. The molecule has 2 aromatic carbocycles. The average molecular weight is 352 g/mol. The van der Waals surface area contributed by atoms with Crippen LogP contribution in [0.15, 0.2) is 78.0 Å². The van der Waals surface area contributed by atoms with Crippen LogP contribution in [0.2, 0.25) is 0 Å². The Hall–Kier alpha value is -2.73. The standard InChI is InChI=1S/C19H20N4OS/c24-19(20-11-13-25-18-8-2-1-3-9-18)22-17-7-4-6-16(14-17)15-23-12-5-10-21-23/h1-10,12,14H,11,13,15H2,(H2,20,22,24). The second-order valence-corrected chi connectivity index (χ2v) is 6.61. The number of carbonyl (C=O) groups excluding carboxylic acids is 1. The minimum atomic E-state index is -0.190. The number of aromatic nitrogens is 2. The van der Waals surface area contributed by atoms with Crippen molar-refractivity contribution in [3.05, 3.63) is 78.6 Å². The molecular formula is C19H20N4OS. The zero-order chi connectivity index (χ0) is 17.3. The van der Waals surface area contributed by atoms with E-state index in [1.54, 1.807) is 18.0 Å². The van der Waals surface area contributed by atoms with Gasteiger partial charge in [-0.05, 0) is 35.9 Å². The minimum absolute atomic E-state index is 0.190. The molecule has 0 aliphatic carbocycles. The van der Waals surface area contributed by atoms with Crippen LogP contribution in [0.3, 0.4) is 0 Å². The molecule has 5 nitrogen and oxygen atoms in total. The van der Waals surface area contributed by atoms with Crippen molar-refractivity contribution in [1.82, 2.24) is 15.1 Å². The Kier molecular flexibility index (Phi) is 6.11. The molecule has 2 N–H and O–H groups in total. The van der Waals surface area contributed by atoms with Crippen LogP contribution in [0.1, 0.15) is 5.56 Å². The molecule has 1 heterocycles. The van der Waals surface area contributed by atoms with E-state index in [1.807, 2.05) is 59.4 Å². The monoisotopic (exact) mass is 352 g/mol. The number of thioether (sulfide) groups is 1. The number of carbonyl (C=O) groups is 1.